The van der Waals surface area contributed by atoms with Crippen LogP contribution in [0.4, 0.5) is 24.8 Å². The zero-order chi connectivity index (χ0) is 21.7. The molecule has 0 fully saturated rings. The molecule has 3 aromatic rings. The van der Waals surface area contributed by atoms with Gasteiger partial charge in [-0.1, -0.05) is 24.3 Å². The summed E-state index contributed by atoms with van der Waals surface area (Å²) in [7, 11) is 0. The lowest BCUT2D eigenvalue weighted by molar-refractivity contribution is -0.142. The van der Waals surface area contributed by atoms with Gasteiger partial charge in [0.15, 0.2) is 5.78 Å². The molecule has 0 aliphatic rings. The monoisotopic (exact) mass is 414 g/mol. The molecule has 0 aliphatic carbocycles. The first-order valence-corrected chi connectivity index (χ1v) is 8.95. The fraction of sp³-hybridized carbons (Fsp3) is 0.250. The number of nitrogens with one attached hydrogen (secondary N) is 1. The number of aromatic nitrogens is 4. The Labute approximate surface area is 170 Å². The fourth-order valence-corrected chi connectivity index (χ4v) is 2.75. The first-order valence-electron chi connectivity index (χ1n) is 8.95. The molecule has 3 rings (SSSR count). The SMILES string of the molecule is Cc1cnc(Nc2cnn(CC(F)(F)F)c2)nc1-c1ccc(C(=O)CCC#N)cc1. The van der Waals surface area contributed by atoms with Gasteiger partial charge in [-0.3, -0.25) is 9.48 Å². The van der Waals surface area contributed by atoms with Gasteiger partial charge in [0.1, 0.15) is 6.54 Å². The van der Waals surface area contributed by atoms with Crippen molar-refractivity contribution in [2.45, 2.75) is 32.5 Å². The van der Waals surface area contributed by atoms with Crippen LogP contribution in [0.15, 0.2) is 42.9 Å². The van der Waals surface area contributed by atoms with Gasteiger partial charge in [0.05, 0.1) is 23.6 Å². The Bertz CT molecular complexity index is 1080. The number of hydrogen-bond acceptors (Lipinski definition) is 6. The standard InChI is InChI=1S/C20H17F3N6O/c1-13-9-25-19(27-16-10-26-29(11-16)12-20(21,22)23)28-18(13)15-6-4-14(5-7-15)17(30)3-2-8-24/h4-7,9-11H,2-3,12H2,1H3,(H,25,27,28). The Kier molecular flexibility index (Phi) is 6.11. The molecule has 2 heterocycles. The van der Waals surface area contributed by atoms with E-state index in [1.807, 2.05) is 13.0 Å². The summed E-state index contributed by atoms with van der Waals surface area (Å²) in [5.41, 5.74) is 2.99. The number of alkyl halides is 3. The molecule has 0 unspecified atom stereocenters. The highest BCUT2D eigenvalue weighted by Gasteiger charge is 2.28. The molecule has 154 valence electrons. The van der Waals surface area contributed by atoms with Crippen LogP contribution in [-0.2, 0) is 6.54 Å². The quantitative estimate of drug-likeness (QED) is 0.574. The number of aryl methyl sites for hydroxylation is 1. The van der Waals surface area contributed by atoms with Gasteiger partial charge < -0.3 is 5.32 Å². The smallest absolute Gasteiger partial charge is 0.321 e. The van der Waals surface area contributed by atoms with Crippen molar-refractivity contribution in [3.05, 3.63) is 54.0 Å². The number of carbonyl (C=O) groups is 1. The first kappa shape index (κ1) is 21.0. The van der Waals surface area contributed by atoms with E-state index in [9.17, 15) is 18.0 Å². The van der Waals surface area contributed by atoms with Crippen LogP contribution in [0.25, 0.3) is 11.3 Å². The molecular weight excluding hydrogens is 397 g/mol. The topological polar surface area (TPSA) is 96.5 Å². The maximum atomic E-state index is 12.5. The zero-order valence-corrected chi connectivity index (χ0v) is 15.9. The summed E-state index contributed by atoms with van der Waals surface area (Å²) in [6.07, 6.45) is 0.0444. The maximum absolute atomic E-state index is 12.5. The van der Waals surface area contributed by atoms with E-state index < -0.39 is 12.7 Å². The molecule has 0 bridgehead atoms. The Morgan fingerprint density at radius 1 is 1.23 bits per heavy atom. The average molecular weight is 414 g/mol. The molecule has 0 saturated carbocycles. The predicted molar refractivity (Wildman–Crippen MR) is 103 cm³/mol. The highest BCUT2D eigenvalue weighted by atomic mass is 19.4. The van der Waals surface area contributed by atoms with E-state index in [0.717, 1.165) is 15.8 Å². The van der Waals surface area contributed by atoms with Gasteiger partial charge in [-0.2, -0.15) is 23.5 Å². The van der Waals surface area contributed by atoms with Crippen LogP contribution in [0, 0.1) is 18.3 Å². The van der Waals surface area contributed by atoms with Crippen LogP contribution < -0.4 is 5.32 Å². The number of anilines is 2. The molecule has 30 heavy (non-hydrogen) atoms. The van der Waals surface area contributed by atoms with E-state index in [-0.39, 0.29) is 24.6 Å². The lowest BCUT2D eigenvalue weighted by atomic mass is 10.0. The van der Waals surface area contributed by atoms with E-state index in [1.165, 1.54) is 12.4 Å². The molecule has 2 aromatic heterocycles. The van der Waals surface area contributed by atoms with E-state index >= 15 is 0 Å². The number of halogens is 3. The molecule has 0 saturated heterocycles. The van der Waals surface area contributed by atoms with Crippen molar-refractivity contribution in [3.8, 4) is 17.3 Å². The van der Waals surface area contributed by atoms with Crippen LogP contribution in [0.5, 0.6) is 0 Å². The molecule has 1 aromatic carbocycles. The molecule has 0 atom stereocenters. The van der Waals surface area contributed by atoms with Gasteiger partial charge in [0, 0.05) is 36.4 Å². The van der Waals surface area contributed by atoms with Crippen molar-refractivity contribution in [1.82, 2.24) is 19.7 Å². The van der Waals surface area contributed by atoms with Crippen molar-refractivity contribution >= 4 is 17.4 Å². The van der Waals surface area contributed by atoms with Crippen molar-refractivity contribution < 1.29 is 18.0 Å². The molecule has 1 N–H and O–H groups in total. The molecule has 0 spiro atoms. The summed E-state index contributed by atoms with van der Waals surface area (Å²) in [4.78, 5) is 20.6. The highest BCUT2D eigenvalue weighted by molar-refractivity contribution is 5.96. The summed E-state index contributed by atoms with van der Waals surface area (Å²) in [6, 6.07) is 8.79. The second kappa shape index (κ2) is 8.73. The maximum Gasteiger partial charge on any atom is 0.408 e. The third-order valence-corrected chi connectivity index (χ3v) is 4.15. The third-order valence-electron chi connectivity index (χ3n) is 4.15. The Morgan fingerprint density at radius 2 is 1.97 bits per heavy atom. The van der Waals surface area contributed by atoms with Gasteiger partial charge in [-0.25, -0.2) is 9.97 Å². The summed E-state index contributed by atoms with van der Waals surface area (Å²) < 4.78 is 38.2. The predicted octanol–water partition coefficient (Wildman–Crippen LogP) is 4.44. The van der Waals surface area contributed by atoms with Crippen LogP contribution in [0.3, 0.4) is 0 Å². The van der Waals surface area contributed by atoms with Gasteiger partial charge in [0.2, 0.25) is 5.95 Å². The van der Waals surface area contributed by atoms with E-state index in [0.29, 0.717) is 16.9 Å². The minimum atomic E-state index is -4.36. The number of nitriles is 1. The lowest BCUT2D eigenvalue weighted by Gasteiger charge is -2.09. The number of benzene rings is 1. The van der Waals surface area contributed by atoms with Crippen LogP contribution >= 0.6 is 0 Å². The fourth-order valence-electron chi connectivity index (χ4n) is 2.75. The number of rotatable bonds is 7. The number of ketones is 1. The van der Waals surface area contributed by atoms with Crippen LogP contribution in [-0.4, -0.2) is 31.7 Å². The number of nitrogens with zero attached hydrogens (tertiary/aromatic N) is 5. The van der Waals surface area contributed by atoms with Crippen LogP contribution in [0.2, 0.25) is 0 Å². The Hall–Kier alpha value is -3.74. The summed E-state index contributed by atoms with van der Waals surface area (Å²) >= 11 is 0. The van der Waals surface area contributed by atoms with E-state index in [4.69, 9.17) is 5.26 Å². The minimum absolute atomic E-state index is 0.110. The van der Waals surface area contributed by atoms with Crippen molar-refractivity contribution in [1.29, 1.82) is 5.26 Å². The van der Waals surface area contributed by atoms with Crippen LogP contribution in [0.1, 0.15) is 28.8 Å². The summed E-state index contributed by atoms with van der Waals surface area (Å²) in [6.45, 7) is 0.639. The Balaban J connectivity index is 1.77. The second-order valence-corrected chi connectivity index (χ2v) is 6.55. The van der Waals surface area contributed by atoms with Gasteiger partial charge in [-0.15, -0.1) is 0 Å². The number of hydrogen-bond donors (Lipinski definition) is 1. The third kappa shape index (κ3) is 5.41. The number of Topliss-reactive ketones (excluding diaryl/α,β-unsaturated/α-hetero) is 1. The second-order valence-electron chi connectivity index (χ2n) is 6.55. The minimum Gasteiger partial charge on any atom is -0.321 e. The summed E-state index contributed by atoms with van der Waals surface area (Å²) in [5.74, 6) is 0.0945. The molecule has 0 aliphatic heterocycles. The van der Waals surface area contributed by atoms with Gasteiger partial charge in [0.25, 0.3) is 0 Å². The largest absolute Gasteiger partial charge is 0.408 e. The molecular formula is C20H17F3N6O. The first-order chi connectivity index (χ1) is 14.2. The molecule has 0 radical (unpaired) electrons. The molecule has 7 nitrogen and oxygen atoms in total. The zero-order valence-electron chi connectivity index (χ0n) is 15.9. The summed E-state index contributed by atoms with van der Waals surface area (Å²) in [5, 5.41) is 15.1. The highest BCUT2D eigenvalue weighted by Crippen LogP contribution is 2.24. The van der Waals surface area contributed by atoms with E-state index in [2.05, 4.69) is 20.4 Å². The lowest BCUT2D eigenvalue weighted by Crippen LogP contribution is -2.17. The molecule has 0 amide bonds. The van der Waals surface area contributed by atoms with Gasteiger partial charge >= 0.3 is 6.18 Å². The van der Waals surface area contributed by atoms with Crippen molar-refractivity contribution in [2.24, 2.45) is 0 Å². The van der Waals surface area contributed by atoms with Gasteiger partial charge in [-0.05, 0) is 12.5 Å². The Morgan fingerprint density at radius 3 is 2.63 bits per heavy atom. The normalized spacial score (nSPS) is 11.2. The molecule has 10 heteroatoms. The number of carbonyl (C=O) groups excluding carboxylic acids is 1. The average Bonchev–Trinajstić information content (AvgIpc) is 3.12. The van der Waals surface area contributed by atoms with E-state index in [1.54, 1.807) is 30.5 Å². The van der Waals surface area contributed by atoms with Crippen molar-refractivity contribution in [2.75, 3.05) is 5.32 Å². The van der Waals surface area contributed by atoms with Crippen molar-refractivity contribution in [3.63, 3.8) is 0 Å².